The second-order valence-electron chi connectivity index (χ2n) is 12.0. The van der Waals surface area contributed by atoms with Crippen LogP contribution in [0.1, 0.15) is 20.8 Å². The lowest BCUT2D eigenvalue weighted by Crippen LogP contribution is -2.40. The maximum Gasteiger partial charge on any atom is 0.365 e. The predicted molar refractivity (Wildman–Crippen MR) is 203 cm³/mol. The van der Waals surface area contributed by atoms with Crippen LogP contribution in [0.5, 0.6) is 11.5 Å². The van der Waals surface area contributed by atoms with Gasteiger partial charge < -0.3 is 34.0 Å². The molecule has 4 aromatic carbocycles. The Morgan fingerprint density at radius 1 is 0.759 bits per heavy atom. The van der Waals surface area contributed by atoms with E-state index in [1.807, 2.05) is 60.7 Å². The Bertz CT molecular complexity index is 2530. The van der Waals surface area contributed by atoms with Crippen LogP contribution in [0.15, 0.2) is 119 Å². The Morgan fingerprint density at radius 2 is 1.44 bits per heavy atom. The molecule has 13 heteroatoms. The van der Waals surface area contributed by atoms with Gasteiger partial charge in [-0.25, -0.2) is 19.7 Å². The number of ether oxygens (including phenoxy) is 4. The predicted octanol–water partition coefficient (Wildman–Crippen LogP) is 6.05. The minimum atomic E-state index is -0.495. The third-order valence-electron chi connectivity index (χ3n) is 8.72. The van der Waals surface area contributed by atoms with Crippen molar-refractivity contribution in [2.45, 2.75) is 6.10 Å². The number of carbonyl (C=O) groups excluding carboxylic acids is 2. The molecule has 0 saturated carbocycles. The van der Waals surface area contributed by atoms with Gasteiger partial charge in [-0.2, -0.15) is 0 Å². The van der Waals surface area contributed by atoms with Crippen molar-refractivity contribution in [2.75, 3.05) is 45.9 Å². The van der Waals surface area contributed by atoms with Gasteiger partial charge in [0.2, 0.25) is 5.89 Å². The van der Waals surface area contributed by atoms with Crippen molar-refractivity contribution in [3.05, 3.63) is 131 Å². The normalized spacial score (nSPS) is 13.9. The molecule has 2 N–H and O–H groups in total. The van der Waals surface area contributed by atoms with E-state index in [1.165, 1.54) is 6.20 Å². The molecule has 272 valence electrons. The lowest BCUT2D eigenvalue weighted by atomic mass is 10.0. The number of nitrogens with zero attached hydrogens (tertiary/aromatic N) is 3. The molecule has 1 atom stereocenters. The molecule has 3 aromatic heterocycles. The molecule has 0 aliphatic carbocycles. The number of carbonyl (C=O) groups is 2. The number of anilines is 1. The van der Waals surface area contributed by atoms with Crippen LogP contribution in [-0.2, 0) is 9.47 Å². The number of benzene rings is 4. The van der Waals surface area contributed by atoms with Crippen molar-refractivity contribution in [3.63, 3.8) is 0 Å². The summed E-state index contributed by atoms with van der Waals surface area (Å²) < 4.78 is 27.0. The molecular formula is C41H35N5O8. The molecule has 1 saturated heterocycles. The summed E-state index contributed by atoms with van der Waals surface area (Å²) in [4.78, 5) is 50.5. The van der Waals surface area contributed by atoms with Crippen LogP contribution in [0.25, 0.3) is 44.0 Å². The molecule has 54 heavy (non-hydrogen) atoms. The highest BCUT2D eigenvalue weighted by Gasteiger charge is 2.20. The number of nitrogens with one attached hydrogen (secondary N) is 2. The van der Waals surface area contributed by atoms with Crippen molar-refractivity contribution < 1.29 is 33.0 Å². The molecule has 8 rings (SSSR count). The average Bonchev–Trinajstić information content (AvgIpc) is 3.22. The lowest BCUT2D eigenvalue weighted by Gasteiger charge is -2.23. The number of amides is 2. The third-order valence-corrected chi connectivity index (χ3v) is 8.72. The van der Waals surface area contributed by atoms with Gasteiger partial charge in [-0.15, -0.1) is 0 Å². The average molecular weight is 726 g/mol. The highest BCUT2D eigenvalue weighted by atomic mass is 16.6. The van der Waals surface area contributed by atoms with E-state index in [4.69, 9.17) is 23.4 Å². The second-order valence-corrected chi connectivity index (χ2v) is 12.0. The summed E-state index contributed by atoms with van der Waals surface area (Å²) in [7, 11) is 3.22. The zero-order valence-electron chi connectivity index (χ0n) is 29.4. The fraction of sp³-hybridized carbons (Fsp3) is 0.171. The zero-order valence-corrected chi connectivity index (χ0v) is 29.4. The van der Waals surface area contributed by atoms with Gasteiger partial charge in [0.15, 0.2) is 11.2 Å². The monoisotopic (exact) mass is 725 g/mol. The number of rotatable bonds is 8. The van der Waals surface area contributed by atoms with E-state index in [-0.39, 0.29) is 29.1 Å². The van der Waals surface area contributed by atoms with E-state index >= 15 is 0 Å². The SMILES string of the molecule is COc1ccc(-c2nc3cccnc3c(=O)o2)c2ccccc12.COc1ccc(C(=O)Nc2cccnc2C(=O)NCC2COCCO2)c2ccccc12. The minimum Gasteiger partial charge on any atom is -0.496 e. The molecule has 1 fully saturated rings. The standard InChI is InChI=1S/C23H23N3O5.C18H12N2O3/c1-29-20-9-8-18(16-5-2-3-6-17(16)20)22(27)26-19-7-4-10-24-21(19)23(28)25-13-15-14-30-11-12-31-15;1-22-15-9-8-13(11-5-2-3-6-12(11)15)17-20-14-7-4-10-19-16(14)18(21)23-17/h2-10,15H,11-14H2,1H3,(H,25,28)(H,26,27);2-10H,1H3. The molecule has 7 aromatic rings. The quantitative estimate of drug-likeness (QED) is 0.187. The smallest absolute Gasteiger partial charge is 0.365 e. The van der Waals surface area contributed by atoms with Crippen LogP contribution in [0.4, 0.5) is 5.69 Å². The Hall–Kier alpha value is -6.70. The van der Waals surface area contributed by atoms with Gasteiger partial charge in [-0.3, -0.25) is 9.59 Å². The summed E-state index contributed by atoms with van der Waals surface area (Å²) in [5, 5.41) is 9.03. The maximum absolute atomic E-state index is 13.1. The lowest BCUT2D eigenvalue weighted by molar-refractivity contribution is -0.0855. The molecule has 0 spiro atoms. The number of aromatic nitrogens is 3. The summed E-state index contributed by atoms with van der Waals surface area (Å²) >= 11 is 0. The zero-order chi connectivity index (χ0) is 37.4. The summed E-state index contributed by atoms with van der Waals surface area (Å²) in [5.41, 5.74) is 1.91. The van der Waals surface area contributed by atoms with Crippen LogP contribution in [-0.4, -0.2) is 73.5 Å². The van der Waals surface area contributed by atoms with Crippen LogP contribution >= 0.6 is 0 Å². The van der Waals surface area contributed by atoms with Crippen molar-refractivity contribution >= 4 is 50.1 Å². The third kappa shape index (κ3) is 7.58. The first-order valence-electron chi connectivity index (χ1n) is 17.1. The molecule has 1 aliphatic rings. The van der Waals surface area contributed by atoms with Crippen molar-refractivity contribution in [1.82, 2.24) is 20.3 Å². The Labute approximate surface area is 308 Å². The van der Waals surface area contributed by atoms with Gasteiger partial charge in [0, 0.05) is 40.8 Å². The van der Waals surface area contributed by atoms with Gasteiger partial charge in [-0.05, 0) is 59.3 Å². The van der Waals surface area contributed by atoms with Crippen LogP contribution in [0.3, 0.4) is 0 Å². The largest absolute Gasteiger partial charge is 0.496 e. The number of pyridine rings is 2. The first-order chi connectivity index (χ1) is 26.4. The van der Waals surface area contributed by atoms with Gasteiger partial charge in [0.25, 0.3) is 11.8 Å². The molecule has 1 unspecified atom stereocenters. The fourth-order valence-electron chi connectivity index (χ4n) is 6.13. The summed E-state index contributed by atoms with van der Waals surface area (Å²) in [6, 6.07) is 29.2. The van der Waals surface area contributed by atoms with E-state index in [0.717, 1.165) is 32.9 Å². The topological polar surface area (TPSA) is 164 Å². The van der Waals surface area contributed by atoms with Crippen molar-refractivity contribution in [2.24, 2.45) is 0 Å². The Kier molecular flexibility index (Phi) is 10.8. The molecule has 13 nitrogen and oxygen atoms in total. The number of hydrogen-bond acceptors (Lipinski definition) is 11. The molecule has 1 aliphatic heterocycles. The summed E-state index contributed by atoms with van der Waals surface area (Å²) in [5.74, 6) is 0.973. The first-order valence-corrected chi connectivity index (χ1v) is 17.1. The van der Waals surface area contributed by atoms with E-state index in [1.54, 1.807) is 56.8 Å². The molecule has 2 amide bonds. The van der Waals surface area contributed by atoms with Crippen LogP contribution in [0.2, 0.25) is 0 Å². The molecule has 4 heterocycles. The van der Waals surface area contributed by atoms with Crippen molar-refractivity contribution in [3.8, 4) is 23.0 Å². The number of methoxy groups -OCH3 is 2. The van der Waals surface area contributed by atoms with Gasteiger partial charge in [-0.1, -0.05) is 48.5 Å². The molecule has 0 bridgehead atoms. The Morgan fingerprint density at radius 3 is 2.19 bits per heavy atom. The molecule has 0 radical (unpaired) electrons. The van der Waals surface area contributed by atoms with Crippen LogP contribution in [0, 0.1) is 0 Å². The Balaban J connectivity index is 0.000000174. The minimum absolute atomic E-state index is 0.130. The number of hydrogen-bond donors (Lipinski definition) is 2. The first kappa shape index (κ1) is 35.7. The summed E-state index contributed by atoms with van der Waals surface area (Å²) in [6.45, 7) is 1.78. The van der Waals surface area contributed by atoms with Gasteiger partial charge in [0.05, 0.1) is 45.8 Å². The second kappa shape index (κ2) is 16.3. The fourth-order valence-corrected chi connectivity index (χ4v) is 6.13. The van der Waals surface area contributed by atoms with Gasteiger partial charge in [0.1, 0.15) is 17.0 Å². The maximum atomic E-state index is 13.1. The highest BCUT2D eigenvalue weighted by Crippen LogP contribution is 2.34. The number of fused-ring (bicyclic) bond motifs is 3. The van der Waals surface area contributed by atoms with Crippen LogP contribution < -0.4 is 25.7 Å². The van der Waals surface area contributed by atoms with Gasteiger partial charge >= 0.3 is 5.63 Å². The highest BCUT2D eigenvalue weighted by molar-refractivity contribution is 6.15. The summed E-state index contributed by atoms with van der Waals surface area (Å²) in [6.07, 6.45) is 2.85. The van der Waals surface area contributed by atoms with E-state index in [0.29, 0.717) is 48.9 Å². The van der Waals surface area contributed by atoms with E-state index in [2.05, 4.69) is 25.6 Å². The van der Waals surface area contributed by atoms with Crippen molar-refractivity contribution in [1.29, 1.82) is 0 Å². The van der Waals surface area contributed by atoms with E-state index in [9.17, 15) is 14.4 Å². The molecular weight excluding hydrogens is 690 g/mol. The van der Waals surface area contributed by atoms with E-state index < -0.39 is 11.5 Å².